The standard InChI is InChI=1S/C33H45FN6O3/c1-22(2)35-30(41)25-8-12-27(13-9-25)40-29-19-23(20-38-15-17-39(18-16-38)21-33(3,4)43)5-14-28(29)36-32(40)37-31(42)24-6-10-26(34)11-7-24/h5-7,10-11,14,19,22,25,27,43H,8-9,12-13,15-18,20-21H2,1-4H3,(H,35,41)(H,36,37,42)/t25-,27+. The normalized spacial score (nSPS) is 21.0. The van der Waals surface area contributed by atoms with Gasteiger partial charge in [0.1, 0.15) is 5.82 Å². The molecule has 2 heterocycles. The fraction of sp³-hybridized carbons (Fsp3) is 0.545. The summed E-state index contributed by atoms with van der Waals surface area (Å²) in [5.74, 6) is -0.744. The molecule has 10 heteroatoms. The number of fused-ring (bicyclic) bond motifs is 1. The number of amides is 2. The highest BCUT2D eigenvalue weighted by molar-refractivity contribution is 5.95. The van der Waals surface area contributed by atoms with Crippen LogP contribution in [0.2, 0.25) is 0 Å². The van der Waals surface area contributed by atoms with Crippen molar-refractivity contribution in [3.05, 3.63) is 65.0 Å². The van der Waals surface area contributed by atoms with Crippen molar-refractivity contribution in [1.82, 2.24) is 24.7 Å². The van der Waals surface area contributed by atoms with Gasteiger partial charge in [-0.05, 0) is 95.3 Å². The van der Waals surface area contributed by atoms with Crippen LogP contribution >= 0.6 is 0 Å². The first-order valence-electron chi connectivity index (χ1n) is 15.5. The molecule has 0 atom stereocenters. The number of halogens is 1. The van der Waals surface area contributed by atoms with Crippen molar-refractivity contribution in [2.45, 2.75) is 77.6 Å². The number of β-amino-alcohol motifs (C(OH)–C–C–N with tert-alkyl or cyclic N) is 1. The molecule has 43 heavy (non-hydrogen) atoms. The van der Waals surface area contributed by atoms with Gasteiger partial charge in [0.25, 0.3) is 5.91 Å². The SMILES string of the molecule is CC(C)NC(=O)[C@H]1CC[C@@H](n2/c(=N/C(=O)c3ccc(F)cc3)[nH]c3ccc(CN4CCN(CC(C)(C)O)CC4)cc32)CC1. The number of aromatic amines is 1. The maximum Gasteiger partial charge on any atom is 0.280 e. The highest BCUT2D eigenvalue weighted by Crippen LogP contribution is 2.33. The summed E-state index contributed by atoms with van der Waals surface area (Å²) in [6.07, 6.45) is 3.13. The van der Waals surface area contributed by atoms with Gasteiger partial charge in [0.2, 0.25) is 11.5 Å². The van der Waals surface area contributed by atoms with Gasteiger partial charge >= 0.3 is 0 Å². The van der Waals surface area contributed by atoms with Gasteiger partial charge in [-0.25, -0.2) is 4.39 Å². The van der Waals surface area contributed by atoms with Crippen molar-refractivity contribution in [2.75, 3.05) is 32.7 Å². The van der Waals surface area contributed by atoms with Crippen molar-refractivity contribution in [2.24, 2.45) is 10.9 Å². The van der Waals surface area contributed by atoms with Gasteiger partial charge in [-0.15, -0.1) is 0 Å². The minimum atomic E-state index is -0.701. The van der Waals surface area contributed by atoms with Gasteiger partial charge in [-0.2, -0.15) is 4.99 Å². The fourth-order valence-electron chi connectivity index (χ4n) is 6.39. The highest BCUT2D eigenvalue weighted by Gasteiger charge is 2.29. The molecule has 1 saturated heterocycles. The first-order chi connectivity index (χ1) is 20.4. The Morgan fingerprint density at radius 2 is 1.67 bits per heavy atom. The van der Waals surface area contributed by atoms with Crippen molar-refractivity contribution in [1.29, 1.82) is 0 Å². The summed E-state index contributed by atoms with van der Waals surface area (Å²) in [4.78, 5) is 38.4. The quantitative estimate of drug-likeness (QED) is 0.367. The van der Waals surface area contributed by atoms with Crippen LogP contribution in [-0.2, 0) is 11.3 Å². The van der Waals surface area contributed by atoms with E-state index < -0.39 is 17.3 Å². The average molecular weight is 593 g/mol. The van der Waals surface area contributed by atoms with E-state index in [4.69, 9.17) is 0 Å². The van der Waals surface area contributed by atoms with Gasteiger partial charge in [-0.3, -0.25) is 19.4 Å². The lowest BCUT2D eigenvalue weighted by Gasteiger charge is -2.37. The van der Waals surface area contributed by atoms with Gasteiger partial charge in [0.15, 0.2) is 0 Å². The molecule has 2 aromatic carbocycles. The third-order valence-electron chi connectivity index (χ3n) is 8.44. The Hall–Kier alpha value is -3.34. The van der Waals surface area contributed by atoms with E-state index in [9.17, 15) is 19.1 Å². The molecule has 3 N–H and O–H groups in total. The highest BCUT2D eigenvalue weighted by atomic mass is 19.1. The van der Waals surface area contributed by atoms with E-state index in [0.717, 1.165) is 69.4 Å². The lowest BCUT2D eigenvalue weighted by molar-refractivity contribution is -0.126. The number of rotatable bonds is 8. The van der Waals surface area contributed by atoms with Crippen LogP contribution < -0.4 is 10.9 Å². The second kappa shape index (κ2) is 13.1. The number of benzene rings is 2. The number of aromatic nitrogens is 2. The second-order valence-electron chi connectivity index (χ2n) is 13.1. The van der Waals surface area contributed by atoms with Crippen molar-refractivity contribution >= 4 is 22.8 Å². The van der Waals surface area contributed by atoms with Crippen LogP contribution in [0, 0.1) is 11.7 Å². The number of aliphatic hydroxyl groups is 1. The van der Waals surface area contributed by atoms with Gasteiger partial charge < -0.3 is 20.0 Å². The lowest BCUT2D eigenvalue weighted by Crippen LogP contribution is -2.50. The van der Waals surface area contributed by atoms with Crippen LogP contribution in [0.15, 0.2) is 47.5 Å². The predicted molar refractivity (Wildman–Crippen MR) is 165 cm³/mol. The summed E-state index contributed by atoms with van der Waals surface area (Å²) in [5, 5.41) is 13.2. The summed E-state index contributed by atoms with van der Waals surface area (Å²) in [6, 6.07) is 12.0. The maximum absolute atomic E-state index is 13.5. The Kier molecular flexibility index (Phi) is 9.48. The van der Waals surface area contributed by atoms with Crippen molar-refractivity contribution in [3.63, 3.8) is 0 Å². The number of carbonyl (C=O) groups is 2. The van der Waals surface area contributed by atoms with Gasteiger partial charge in [-0.1, -0.05) is 6.07 Å². The third-order valence-corrected chi connectivity index (χ3v) is 8.44. The third kappa shape index (κ3) is 7.99. The topological polar surface area (TPSA) is 106 Å². The van der Waals surface area contributed by atoms with Gasteiger partial charge in [0.05, 0.1) is 16.6 Å². The summed E-state index contributed by atoms with van der Waals surface area (Å²) >= 11 is 0. The molecule has 1 aliphatic heterocycles. The number of nitrogens with zero attached hydrogens (tertiary/aromatic N) is 4. The van der Waals surface area contributed by atoms with E-state index in [0.29, 0.717) is 17.7 Å². The van der Waals surface area contributed by atoms with Gasteiger partial charge in [0, 0.05) is 62.8 Å². The van der Waals surface area contributed by atoms with Crippen LogP contribution in [0.4, 0.5) is 4.39 Å². The Labute approximate surface area is 252 Å². The van der Waals surface area contributed by atoms with Crippen LogP contribution in [0.3, 0.4) is 0 Å². The van der Waals surface area contributed by atoms with Crippen molar-refractivity contribution in [3.8, 4) is 0 Å². The molecule has 1 aliphatic carbocycles. The number of hydrogen-bond acceptors (Lipinski definition) is 5. The van der Waals surface area contributed by atoms with Crippen molar-refractivity contribution < 1.29 is 19.1 Å². The molecule has 3 aromatic rings. The zero-order valence-corrected chi connectivity index (χ0v) is 25.8. The van der Waals surface area contributed by atoms with E-state index in [-0.39, 0.29) is 23.9 Å². The van der Waals surface area contributed by atoms with Crippen LogP contribution in [-0.4, -0.2) is 80.6 Å². The summed E-state index contributed by atoms with van der Waals surface area (Å²) in [7, 11) is 0. The predicted octanol–water partition coefficient (Wildman–Crippen LogP) is 3.99. The molecule has 2 aliphatic rings. The second-order valence-corrected chi connectivity index (χ2v) is 13.1. The molecule has 0 bridgehead atoms. The molecule has 9 nitrogen and oxygen atoms in total. The number of imidazole rings is 1. The molecule has 1 saturated carbocycles. The maximum atomic E-state index is 13.5. The zero-order chi connectivity index (χ0) is 30.7. The van der Waals surface area contributed by atoms with Crippen LogP contribution in [0.1, 0.15) is 75.3 Å². The molecule has 2 amide bonds. The number of piperazine rings is 1. The molecule has 0 spiro atoms. The Balaban J connectivity index is 1.41. The minimum Gasteiger partial charge on any atom is -0.389 e. The number of H-pyrrole nitrogens is 1. The molecule has 0 radical (unpaired) electrons. The zero-order valence-electron chi connectivity index (χ0n) is 25.8. The van der Waals surface area contributed by atoms with Crippen LogP contribution in [0.5, 0.6) is 0 Å². The number of carbonyl (C=O) groups excluding carboxylic acids is 2. The Morgan fingerprint density at radius 1 is 1.02 bits per heavy atom. The first kappa shape index (κ1) is 31.1. The first-order valence-corrected chi connectivity index (χ1v) is 15.5. The largest absolute Gasteiger partial charge is 0.389 e. The molecular weight excluding hydrogens is 547 g/mol. The van der Waals surface area contributed by atoms with E-state index in [1.165, 1.54) is 29.8 Å². The Bertz CT molecular complexity index is 1490. The molecule has 2 fully saturated rings. The summed E-state index contributed by atoms with van der Waals surface area (Å²) in [6.45, 7) is 12.8. The molecule has 5 rings (SSSR count). The fourth-order valence-corrected chi connectivity index (χ4v) is 6.39. The van der Waals surface area contributed by atoms with E-state index in [2.05, 4.69) is 47.9 Å². The minimum absolute atomic E-state index is 0.0173. The number of nitrogens with one attached hydrogen (secondary N) is 2. The van der Waals surface area contributed by atoms with E-state index in [1.54, 1.807) is 0 Å². The van der Waals surface area contributed by atoms with Crippen LogP contribution in [0.25, 0.3) is 11.0 Å². The molecule has 232 valence electrons. The summed E-state index contributed by atoms with van der Waals surface area (Å²) < 4.78 is 15.6. The lowest BCUT2D eigenvalue weighted by atomic mass is 9.85. The monoisotopic (exact) mass is 592 g/mol. The van der Waals surface area contributed by atoms with E-state index in [1.807, 2.05) is 27.7 Å². The molecule has 1 aromatic heterocycles. The molecular formula is C33H45FN6O3. The smallest absolute Gasteiger partial charge is 0.280 e. The average Bonchev–Trinajstić information content (AvgIpc) is 3.30. The molecule has 0 unspecified atom stereocenters. The Morgan fingerprint density at radius 3 is 2.30 bits per heavy atom. The summed E-state index contributed by atoms with van der Waals surface area (Å²) in [5.41, 5.74) is 3.15. The number of hydrogen-bond donors (Lipinski definition) is 3. The van der Waals surface area contributed by atoms with E-state index >= 15 is 0 Å².